The number of halogens is 2. The van der Waals surface area contributed by atoms with E-state index in [1.54, 1.807) is 26.8 Å². The topological polar surface area (TPSA) is 46.6 Å². The Balaban J connectivity index is 1.72. The molecule has 1 aliphatic carbocycles. The second-order valence-electron chi connectivity index (χ2n) is 8.24. The van der Waals surface area contributed by atoms with Gasteiger partial charge in [0, 0.05) is 12.5 Å². The number of likely N-dealkylation sites (tertiary alicyclic amines) is 1. The normalized spacial score (nSPS) is 22.8. The third kappa shape index (κ3) is 4.82. The lowest BCUT2D eigenvalue weighted by Crippen LogP contribution is -2.43. The highest BCUT2D eigenvalue weighted by molar-refractivity contribution is 6.22. The van der Waals surface area contributed by atoms with Crippen LogP contribution in [0.25, 0.3) is 5.57 Å². The molecule has 1 aromatic carbocycles. The Morgan fingerprint density at radius 3 is 2.61 bits per heavy atom. The van der Waals surface area contributed by atoms with E-state index in [0.29, 0.717) is 31.3 Å². The molecule has 2 amide bonds. The first-order valence-corrected chi connectivity index (χ1v) is 9.93. The summed E-state index contributed by atoms with van der Waals surface area (Å²) in [6.45, 7) is 5.33. The number of nitrogens with zero attached hydrogens (tertiary/aromatic N) is 1. The molecule has 0 N–H and O–H groups in total. The summed E-state index contributed by atoms with van der Waals surface area (Å²) in [4.78, 5) is 25.8. The lowest BCUT2D eigenvalue weighted by molar-refractivity contribution is -0.128. The van der Waals surface area contributed by atoms with Crippen LogP contribution in [0.15, 0.2) is 42.2 Å². The van der Waals surface area contributed by atoms with Crippen molar-refractivity contribution in [3.8, 4) is 0 Å². The van der Waals surface area contributed by atoms with Gasteiger partial charge in [0.15, 0.2) is 0 Å². The number of ether oxygens (including phenoxy) is 1. The Morgan fingerprint density at radius 2 is 1.96 bits per heavy atom. The van der Waals surface area contributed by atoms with Crippen molar-refractivity contribution in [2.75, 3.05) is 0 Å². The van der Waals surface area contributed by atoms with Crippen molar-refractivity contribution in [2.45, 2.75) is 63.5 Å². The summed E-state index contributed by atoms with van der Waals surface area (Å²) in [5.41, 5.74) is 1.72. The van der Waals surface area contributed by atoms with E-state index in [2.05, 4.69) is 0 Å². The van der Waals surface area contributed by atoms with Gasteiger partial charge in [0.25, 0.3) is 0 Å². The van der Waals surface area contributed by atoms with Gasteiger partial charge in [0.2, 0.25) is 5.91 Å². The molecule has 0 aromatic heterocycles. The summed E-state index contributed by atoms with van der Waals surface area (Å²) in [5.74, 6) is -0.465. The van der Waals surface area contributed by atoms with Gasteiger partial charge in [0.05, 0.1) is 5.38 Å². The molecule has 1 saturated heterocycles. The second-order valence-corrected chi connectivity index (χ2v) is 8.80. The van der Waals surface area contributed by atoms with E-state index in [0.717, 1.165) is 11.1 Å². The molecule has 150 valence electrons. The zero-order chi connectivity index (χ0) is 20.5. The van der Waals surface area contributed by atoms with Gasteiger partial charge >= 0.3 is 6.09 Å². The van der Waals surface area contributed by atoms with Crippen LogP contribution in [0.4, 0.5) is 9.18 Å². The monoisotopic (exact) mass is 405 g/mol. The maximum absolute atomic E-state index is 14.1. The molecule has 1 unspecified atom stereocenters. The smallest absolute Gasteiger partial charge is 0.417 e. The number of alkyl halides is 1. The Morgan fingerprint density at radius 1 is 1.29 bits per heavy atom. The number of hydrogen-bond acceptors (Lipinski definition) is 3. The lowest BCUT2D eigenvalue weighted by atomic mass is 9.94. The van der Waals surface area contributed by atoms with Gasteiger partial charge in [-0.15, -0.1) is 11.6 Å². The van der Waals surface area contributed by atoms with Gasteiger partial charge in [0.1, 0.15) is 11.4 Å². The van der Waals surface area contributed by atoms with Crippen LogP contribution < -0.4 is 0 Å². The number of carbonyl (C=O) groups is 2. The Labute approximate surface area is 170 Å². The fourth-order valence-electron chi connectivity index (χ4n) is 3.52. The number of rotatable bonds is 3. The van der Waals surface area contributed by atoms with Crippen LogP contribution in [-0.4, -0.2) is 33.9 Å². The zero-order valence-electron chi connectivity index (χ0n) is 16.4. The summed E-state index contributed by atoms with van der Waals surface area (Å²) >= 11 is 6.11. The van der Waals surface area contributed by atoms with Gasteiger partial charge in [-0.05, 0) is 62.8 Å². The van der Waals surface area contributed by atoms with Crippen LogP contribution in [0.2, 0.25) is 0 Å². The summed E-state index contributed by atoms with van der Waals surface area (Å²) < 4.78 is 19.5. The van der Waals surface area contributed by atoms with Crippen molar-refractivity contribution in [3.63, 3.8) is 0 Å². The maximum atomic E-state index is 14.1. The number of amides is 2. The molecule has 1 heterocycles. The number of carbonyl (C=O) groups excluding carboxylic acids is 2. The van der Waals surface area contributed by atoms with Crippen LogP contribution in [0.1, 0.15) is 51.2 Å². The molecule has 0 bridgehead atoms. The number of allylic oxidation sites excluding steroid dienone is 4. The first-order valence-electron chi connectivity index (χ1n) is 9.49. The average Bonchev–Trinajstić information content (AvgIpc) is 2.97. The van der Waals surface area contributed by atoms with Crippen molar-refractivity contribution in [1.29, 1.82) is 0 Å². The molecule has 1 aliphatic heterocycles. The van der Waals surface area contributed by atoms with Crippen LogP contribution >= 0.6 is 11.6 Å². The average molecular weight is 406 g/mol. The SMILES string of the molecule is CC(C)(C)OC(=O)N1C(=O)CC[C@H]1Cc1ccc(C2=C(F)C=CC(Cl)C2)cc1. The van der Waals surface area contributed by atoms with E-state index >= 15 is 0 Å². The number of hydrogen-bond donors (Lipinski definition) is 0. The van der Waals surface area contributed by atoms with E-state index in [4.69, 9.17) is 16.3 Å². The molecule has 0 radical (unpaired) electrons. The van der Waals surface area contributed by atoms with Gasteiger partial charge in [-0.2, -0.15) is 0 Å². The van der Waals surface area contributed by atoms with Crippen LogP contribution in [-0.2, 0) is 16.0 Å². The molecular weight excluding hydrogens is 381 g/mol. The van der Waals surface area contributed by atoms with E-state index in [-0.39, 0.29) is 23.2 Å². The number of imide groups is 1. The molecule has 1 aromatic rings. The predicted octanol–water partition coefficient (Wildman–Crippen LogP) is 5.40. The van der Waals surface area contributed by atoms with Crippen molar-refractivity contribution in [2.24, 2.45) is 0 Å². The largest absolute Gasteiger partial charge is 0.443 e. The van der Waals surface area contributed by atoms with E-state index in [9.17, 15) is 14.0 Å². The van der Waals surface area contributed by atoms with E-state index in [1.807, 2.05) is 24.3 Å². The van der Waals surface area contributed by atoms with Crippen LogP contribution in [0, 0.1) is 0 Å². The molecule has 6 heteroatoms. The van der Waals surface area contributed by atoms with Crippen molar-refractivity contribution < 1.29 is 18.7 Å². The Bertz CT molecular complexity index is 823. The van der Waals surface area contributed by atoms with E-state index < -0.39 is 11.7 Å². The fourth-order valence-corrected chi connectivity index (χ4v) is 3.75. The third-order valence-corrected chi connectivity index (χ3v) is 5.13. The first-order chi connectivity index (χ1) is 13.1. The molecule has 2 atom stereocenters. The quantitative estimate of drug-likeness (QED) is 0.632. The molecule has 3 rings (SSSR count). The van der Waals surface area contributed by atoms with Gasteiger partial charge in [-0.3, -0.25) is 4.79 Å². The standard InChI is InChI=1S/C22H25ClFNO3/c1-22(2,3)28-21(27)25-17(9-11-20(25)26)12-14-4-6-15(7-5-14)18-13-16(23)8-10-19(18)24/h4-8,10,16-17H,9,11-13H2,1-3H3/t16?,17-/m0/s1. The summed E-state index contributed by atoms with van der Waals surface area (Å²) in [6.07, 6.45) is 4.41. The predicted molar refractivity (Wildman–Crippen MR) is 108 cm³/mol. The highest BCUT2D eigenvalue weighted by Gasteiger charge is 2.38. The molecule has 1 fully saturated rings. The fraction of sp³-hybridized carbons (Fsp3) is 0.455. The number of benzene rings is 1. The highest BCUT2D eigenvalue weighted by atomic mass is 35.5. The molecular formula is C22H25ClFNO3. The lowest BCUT2D eigenvalue weighted by Gasteiger charge is -2.27. The minimum Gasteiger partial charge on any atom is -0.443 e. The summed E-state index contributed by atoms with van der Waals surface area (Å²) in [6, 6.07) is 7.32. The van der Waals surface area contributed by atoms with E-state index in [1.165, 1.54) is 11.0 Å². The Hall–Kier alpha value is -2.14. The third-order valence-electron chi connectivity index (χ3n) is 4.83. The van der Waals surface area contributed by atoms with Gasteiger partial charge < -0.3 is 4.74 Å². The molecule has 4 nitrogen and oxygen atoms in total. The molecule has 2 aliphatic rings. The summed E-state index contributed by atoms with van der Waals surface area (Å²) in [7, 11) is 0. The van der Waals surface area contributed by atoms with Gasteiger partial charge in [-0.1, -0.05) is 30.3 Å². The van der Waals surface area contributed by atoms with Crippen molar-refractivity contribution in [1.82, 2.24) is 4.90 Å². The molecule has 0 saturated carbocycles. The molecule has 28 heavy (non-hydrogen) atoms. The van der Waals surface area contributed by atoms with Crippen molar-refractivity contribution >= 4 is 29.2 Å². The second kappa shape index (κ2) is 8.08. The minimum atomic E-state index is -0.654. The van der Waals surface area contributed by atoms with Crippen LogP contribution in [0.3, 0.4) is 0 Å². The zero-order valence-corrected chi connectivity index (χ0v) is 17.1. The molecule has 0 spiro atoms. The van der Waals surface area contributed by atoms with Gasteiger partial charge in [-0.25, -0.2) is 14.1 Å². The summed E-state index contributed by atoms with van der Waals surface area (Å²) in [5, 5.41) is -0.207. The van der Waals surface area contributed by atoms with Crippen LogP contribution in [0.5, 0.6) is 0 Å². The van der Waals surface area contributed by atoms with Crippen molar-refractivity contribution in [3.05, 3.63) is 53.4 Å². The maximum Gasteiger partial charge on any atom is 0.417 e. The first kappa shape index (κ1) is 20.6. The highest BCUT2D eigenvalue weighted by Crippen LogP contribution is 2.32. The minimum absolute atomic E-state index is 0.203. The Kier molecular flexibility index (Phi) is 5.94.